The molecule has 1 saturated heterocycles. The van der Waals surface area contributed by atoms with Crippen molar-refractivity contribution in [3.05, 3.63) is 47.9 Å². The molecule has 1 aliphatic rings. The molecule has 1 fully saturated rings. The van der Waals surface area contributed by atoms with Gasteiger partial charge in [-0.1, -0.05) is 12.1 Å². The van der Waals surface area contributed by atoms with E-state index < -0.39 is 0 Å². The van der Waals surface area contributed by atoms with E-state index in [9.17, 15) is 0 Å². The zero-order valence-electron chi connectivity index (χ0n) is 12.2. The Bertz CT molecular complexity index is 671. The number of rotatable bonds is 3. The second-order valence-corrected chi connectivity index (χ2v) is 5.57. The maximum Gasteiger partial charge on any atom is 0.0579 e. The number of pyridine rings is 1. The maximum absolute atomic E-state index is 6.06. The van der Waals surface area contributed by atoms with Gasteiger partial charge in [-0.05, 0) is 42.5 Å². The van der Waals surface area contributed by atoms with Crippen molar-refractivity contribution in [1.29, 1.82) is 0 Å². The van der Waals surface area contributed by atoms with Gasteiger partial charge < -0.3 is 16.1 Å². The van der Waals surface area contributed by atoms with Crippen LogP contribution in [0.2, 0.25) is 0 Å². The summed E-state index contributed by atoms with van der Waals surface area (Å²) >= 11 is 0. The van der Waals surface area contributed by atoms with Crippen molar-refractivity contribution in [1.82, 2.24) is 15.3 Å². The summed E-state index contributed by atoms with van der Waals surface area (Å²) in [6, 6.07) is 8.65. The first-order valence-corrected chi connectivity index (χ1v) is 7.22. The highest BCUT2D eigenvalue weighted by atomic mass is 15.4. The van der Waals surface area contributed by atoms with Crippen LogP contribution in [0.1, 0.15) is 30.1 Å². The lowest BCUT2D eigenvalue weighted by atomic mass is 10.0. The number of benzene rings is 1. The molecule has 2 heterocycles. The van der Waals surface area contributed by atoms with Gasteiger partial charge in [0.25, 0.3) is 0 Å². The minimum absolute atomic E-state index is 0.376. The predicted molar refractivity (Wildman–Crippen MR) is 85.8 cm³/mol. The molecule has 21 heavy (non-hydrogen) atoms. The summed E-state index contributed by atoms with van der Waals surface area (Å²) in [5, 5.41) is 7.21. The first-order chi connectivity index (χ1) is 10.1. The monoisotopic (exact) mass is 283 g/mol. The highest BCUT2D eigenvalue weighted by molar-refractivity contribution is 5.85. The molecule has 1 aromatic carbocycles. The highest BCUT2D eigenvalue weighted by Crippen LogP contribution is 2.25. The van der Waals surface area contributed by atoms with E-state index in [4.69, 9.17) is 11.6 Å². The van der Waals surface area contributed by atoms with Gasteiger partial charge in [0.15, 0.2) is 0 Å². The number of nitrogens with zero attached hydrogens (tertiary/aromatic N) is 2. The third-order valence-electron chi connectivity index (χ3n) is 3.84. The molecule has 0 spiro atoms. The summed E-state index contributed by atoms with van der Waals surface area (Å²) in [5.74, 6) is 5.61. The van der Waals surface area contributed by atoms with Crippen LogP contribution >= 0.6 is 0 Å². The molecular formula is C16H21N5. The number of aromatic nitrogens is 1. The van der Waals surface area contributed by atoms with E-state index in [1.165, 1.54) is 11.4 Å². The number of hydrazine groups is 1. The lowest BCUT2D eigenvalue weighted by Crippen LogP contribution is -2.20. The molecule has 5 N–H and O–H groups in total. The van der Waals surface area contributed by atoms with Gasteiger partial charge in [-0.3, -0.25) is 4.98 Å². The van der Waals surface area contributed by atoms with Gasteiger partial charge >= 0.3 is 0 Å². The topological polar surface area (TPSA) is 80.2 Å². The fourth-order valence-corrected chi connectivity index (χ4v) is 2.76. The molecule has 0 saturated carbocycles. The van der Waals surface area contributed by atoms with E-state index >= 15 is 0 Å². The van der Waals surface area contributed by atoms with Crippen LogP contribution in [0, 0.1) is 0 Å². The van der Waals surface area contributed by atoms with E-state index in [1.54, 1.807) is 13.2 Å². The van der Waals surface area contributed by atoms with Crippen LogP contribution in [-0.4, -0.2) is 23.6 Å². The first-order valence-electron chi connectivity index (χ1n) is 7.22. The molecule has 1 unspecified atom stereocenters. The zero-order valence-corrected chi connectivity index (χ0v) is 12.2. The van der Waals surface area contributed by atoms with Gasteiger partial charge in [0, 0.05) is 30.9 Å². The smallest absolute Gasteiger partial charge is 0.0579 e. The average Bonchev–Trinajstić information content (AvgIpc) is 2.99. The van der Waals surface area contributed by atoms with E-state index in [2.05, 4.69) is 22.4 Å². The second kappa shape index (κ2) is 5.71. The largest absolute Gasteiger partial charge is 0.397 e. The van der Waals surface area contributed by atoms with Gasteiger partial charge in [0.05, 0.1) is 11.4 Å². The Balaban J connectivity index is 1.98. The minimum Gasteiger partial charge on any atom is -0.397 e. The lowest BCUT2D eigenvalue weighted by molar-refractivity contribution is 0.486. The molecule has 0 amide bonds. The molecule has 110 valence electrons. The molecule has 1 atom stereocenters. The third kappa shape index (κ3) is 2.99. The SMILES string of the molecule is CN(N)/C=C(\N)c1ccc2cnc(C3CCCN3)cc2c1. The normalized spacial score (nSPS) is 19.1. The average molecular weight is 283 g/mol. The van der Waals surface area contributed by atoms with Crippen LogP contribution in [0.5, 0.6) is 0 Å². The summed E-state index contributed by atoms with van der Waals surface area (Å²) in [7, 11) is 1.75. The standard InChI is InChI=1S/C16H21N5/c1-21(18)10-14(17)11-4-5-12-9-20-16(8-13(12)7-11)15-3-2-6-19-15/h4-5,7-10,15,19H,2-3,6,17-18H2,1H3/b14-10-. The van der Waals surface area contributed by atoms with Crippen molar-refractivity contribution in [2.75, 3.05) is 13.6 Å². The summed E-state index contributed by atoms with van der Waals surface area (Å²) < 4.78 is 0. The summed E-state index contributed by atoms with van der Waals surface area (Å²) in [6.45, 7) is 1.07. The number of hydrogen-bond acceptors (Lipinski definition) is 5. The fourth-order valence-electron chi connectivity index (χ4n) is 2.76. The fraction of sp³-hybridized carbons (Fsp3) is 0.312. The van der Waals surface area contributed by atoms with Crippen LogP contribution < -0.4 is 16.9 Å². The molecule has 2 aromatic rings. The molecule has 0 radical (unpaired) electrons. The van der Waals surface area contributed by atoms with Crippen LogP contribution in [0.25, 0.3) is 16.5 Å². The molecule has 3 rings (SSSR count). The zero-order chi connectivity index (χ0) is 14.8. The Hall–Kier alpha value is -2.11. The number of nitrogens with two attached hydrogens (primary N) is 2. The first kappa shape index (κ1) is 13.9. The van der Waals surface area contributed by atoms with Crippen molar-refractivity contribution in [2.45, 2.75) is 18.9 Å². The quantitative estimate of drug-likeness (QED) is 0.590. The summed E-state index contributed by atoms with van der Waals surface area (Å²) in [6.07, 6.45) is 6.01. The van der Waals surface area contributed by atoms with Gasteiger partial charge in [0.2, 0.25) is 0 Å². The van der Waals surface area contributed by atoms with Gasteiger partial charge in [0.1, 0.15) is 0 Å². The Labute approximate surface area is 124 Å². The van der Waals surface area contributed by atoms with Crippen molar-refractivity contribution < 1.29 is 0 Å². The maximum atomic E-state index is 6.06. The molecule has 5 nitrogen and oxygen atoms in total. The molecule has 5 heteroatoms. The van der Waals surface area contributed by atoms with Crippen LogP contribution in [0.15, 0.2) is 36.7 Å². The highest BCUT2D eigenvalue weighted by Gasteiger charge is 2.17. The van der Waals surface area contributed by atoms with Crippen LogP contribution in [0.4, 0.5) is 0 Å². The third-order valence-corrected chi connectivity index (χ3v) is 3.84. The minimum atomic E-state index is 0.376. The second-order valence-electron chi connectivity index (χ2n) is 5.57. The molecule has 1 aliphatic heterocycles. The van der Waals surface area contributed by atoms with Crippen molar-refractivity contribution in [2.24, 2.45) is 11.6 Å². The Kier molecular flexibility index (Phi) is 3.77. The summed E-state index contributed by atoms with van der Waals surface area (Å²) in [5.41, 5.74) is 8.79. The van der Waals surface area contributed by atoms with Crippen molar-refractivity contribution in [3.8, 4) is 0 Å². The van der Waals surface area contributed by atoms with Gasteiger partial charge in [-0.25, -0.2) is 5.84 Å². The number of fused-ring (bicyclic) bond motifs is 1. The van der Waals surface area contributed by atoms with Crippen LogP contribution in [0.3, 0.4) is 0 Å². The van der Waals surface area contributed by atoms with Gasteiger partial charge in [-0.15, -0.1) is 0 Å². The molecular weight excluding hydrogens is 262 g/mol. The molecule has 0 bridgehead atoms. The van der Waals surface area contributed by atoms with E-state index in [1.807, 2.05) is 18.3 Å². The Morgan fingerprint density at radius 3 is 2.95 bits per heavy atom. The Morgan fingerprint density at radius 2 is 2.24 bits per heavy atom. The predicted octanol–water partition coefficient (Wildman–Crippen LogP) is 1.72. The lowest BCUT2D eigenvalue weighted by Gasteiger charge is -2.12. The van der Waals surface area contributed by atoms with E-state index in [-0.39, 0.29) is 0 Å². The van der Waals surface area contributed by atoms with E-state index in [0.717, 1.165) is 35.0 Å². The number of nitrogens with one attached hydrogen (secondary N) is 1. The molecule has 0 aliphatic carbocycles. The molecule has 1 aromatic heterocycles. The van der Waals surface area contributed by atoms with E-state index in [0.29, 0.717) is 11.7 Å². The van der Waals surface area contributed by atoms with Crippen molar-refractivity contribution >= 4 is 16.5 Å². The van der Waals surface area contributed by atoms with Crippen LogP contribution in [-0.2, 0) is 0 Å². The Morgan fingerprint density at radius 1 is 1.38 bits per heavy atom. The summed E-state index contributed by atoms with van der Waals surface area (Å²) in [4.78, 5) is 4.58. The van der Waals surface area contributed by atoms with Gasteiger partial charge in [-0.2, -0.15) is 0 Å². The van der Waals surface area contributed by atoms with Crippen molar-refractivity contribution in [3.63, 3.8) is 0 Å². The number of hydrogen-bond donors (Lipinski definition) is 3.